The third-order valence-electron chi connectivity index (χ3n) is 4.59. The predicted octanol–water partition coefficient (Wildman–Crippen LogP) is 2.93. The summed E-state index contributed by atoms with van der Waals surface area (Å²) in [6.07, 6.45) is 3.56. The van der Waals surface area contributed by atoms with Crippen molar-refractivity contribution in [3.63, 3.8) is 0 Å². The van der Waals surface area contributed by atoms with Crippen molar-refractivity contribution in [2.45, 2.75) is 33.6 Å². The first-order valence-electron chi connectivity index (χ1n) is 5.72. The average Bonchev–Trinajstić information content (AvgIpc) is 2.60. The van der Waals surface area contributed by atoms with Crippen LogP contribution in [0.3, 0.4) is 0 Å². The molecule has 0 bridgehead atoms. The van der Waals surface area contributed by atoms with E-state index in [4.69, 9.17) is 11.6 Å². The summed E-state index contributed by atoms with van der Waals surface area (Å²) in [5.41, 5.74) is 1.12. The highest BCUT2D eigenvalue weighted by molar-refractivity contribution is 6.32. The van der Waals surface area contributed by atoms with Crippen molar-refractivity contribution in [3.8, 4) is 0 Å². The number of hydrogen-bond acceptors (Lipinski definition) is 3. The summed E-state index contributed by atoms with van der Waals surface area (Å²) >= 11 is 6.00. The molecule has 2 aromatic heterocycles. The first-order valence-corrected chi connectivity index (χ1v) is 6.10. The van der Waals surface area contributed by atoms with Crippen molar-refractivity contribution >= 4 is 17.2 Å². The second kappa shape index (κ2) is 2.99. The molecule has 4 nitrogen and oxygen atoms in total. The SMILES string of the molecule is CC1(C)C(c2nnc3c(Cl)nccn23)C1(C)C. The molecular formula is C12H15ClN4. The van der Waals surface area contributed by atoms with Gasteiger partial charge in [0.05, 0.1) is 0 Å². The molecule has 5 heteroatoms. The Morgan fingerprint density at radius 2 is 1.82 bits per heavy atom. The van der Waals surface area contributed by atoms with Gasteiger partial charge in [0, 0.05) is 18.3 Å². The molecule has 1 saturated carbocycles. The molecule has 0 N–H and O–H groups in total. The summed E-state index contributed by atoms with van der Waals surface area (Å²) in [6, 6.07) is 0. The van der Waals surface area contributed by atoms with E-state index >= 15 is 0 Å². The summed E-state index contributed by atoms with van der Waals surface area (Å²) < 4.78 is 1.95. The largest absolute Gasteiger partial charge is 0.282 e. The monoisotopic (exact) mass is 250 g/mol. The van der Waals surface area contributed by atoms with Gasteiger partial charge in [-0.3, -0.25) is 4.40 Å². The topological polar surface area (TPSA) is 43.1 Å². The van der Waals surface area contributed by atoms with Gasteiger partial charge in [-0.2, -0.15) is 0 Å². The van der Waals surface area contributed by atoms with E-state index in [-0.39, 0.29) is 10.8 Å². The predicted molar refractivity (Wildman–Crippen MR) is 66.1 cm³/mol. The van der Waals surface area contributed by atoms with Crippen LogP contribution in [0.1, 0.15) is 39.4 Å². The summed E-state index contributed by atoms with van der Waals surface area (Å²) in [7, 11) is 0. The molecule has 0 amide bonds. The zero-order chi connectivity index (χ0) is 12.4. The maximum Gasteiger partial charge on any atom is 0.198 e. The second-order valence-electron chi connectivity index (χ2n) is 5.85. The Morgan fingerprint density at radius 3 is 2.41 bits per heavy atom. The Kier molecular flexibility index (Phi) is 1.93. The first kappa shape index (κ1) is 11.0. The molecule has 1 aliphatic rings. The van der Waals surface area contributed by atoms with Gasteiger partial charge >= 0.3 is 0 Å². The molecule has 0 spiro atoms. The summed E-state index contributed by atoms with van der Waals surface area (Å²) in [5, 5.41) is 8.83. The average molecular weight is 251 g/mol. The van der Waals surface area contributed by atoms with Gasteiger partial charge in [-0.15, -0.1) is 10.2 Å². The van der Waals surface area contributed by atoms with E-state index in [1.165, 1.54) is 0 Å². The van der Waals surface area contributed by atoms with Crippen LogP contribution < -0.4 is 0 Å². The molecule has 1 aliphatic carbocycles. The smallest absolute Gasteiger partial charge is 0.198 e. The number of aromatic nitrogens is 4. The van der Waals surface area contributed by atoms with Gasteiger partial charge in [0.1, 0.15) is 5.82 Å². The maximum atomic E-state index is 6.00. The molecule has 90 valence electrons. The van der Waals surface area contributed by atoms with Gasteiger partial charge in [-0.05, 0) is 10.8 Å². The van der Waals surface area contributed by atoms with Crippen LogP contribution in [0.2, 0.25) is 5.15 Å². The lowest BCUT2D eigenvalue weighted by Gasteiger charge is -2.03. The van der Waals surface area contributed by atoms with Gasteiger partial charge in [0.25, 0.3) is 0 Å². The van der Waals surface area contributed by atoms with E-state index in [0.29, 0.717) is 16.7 Å². The molecule has 2 aromatic rings. The quantitative estimate of drug-likeness (QED) is 0.782. The lowest BCUT2D eigenvalue weighted by atomic mass is 10.0. The minimum atomic E-state index is 0.242. The van der Waals surface area contributed by atoms with Crippen LogP contribution >= 0.6 is 11.6 Å². The molecule has 0 radical (unpaired) electrons. The normalized spacial score (nSPS) is 21.9. The Bertz CT molecular complexity index is 586. The van der Waals surface area contributed by atoms with Crippen LogP contribution in [0.25, 0.3) is 5.65 Å². The minimum absolute atomic E-state index is 0.242. The summed E-state index contributed by atoms with van der Waals surface area (Å²) in [4.78, 5) is 4.02. The summed E-state index contributed by atoms with van der Waals surface area (Å²) in [5.74, 6) is 1.39. The molecule has 2 heterocycles. The van der Waals surface area contributed by atoms with E-state index in [1.54, 1.807) is 6.20 Å². The molecule has 0 atom stereocenters. The van der Waals surface area contributed by atoms with Crippen molar-refractivity contribution in [1.29, 1.82) is 0 Å². The maximum absolute atomic E-state index is 6.00. The first-order chi connectivity index (χ1) is 7.87. The molecule has 0 saturated heterocycles. The molecule has 0 aliphatic heterocycles. The van der Waals surface area contributed by atoms with E-state index in [0.717, 1.165) is 5.82 Å². The zero-order valence-corrected chi connectivity index (χ0v) is 11.2. The fourth-order valence-corrected chi connectivity index (χ4v) is 3.04. The van der Waals surface area contributed by atoms with E-state index in [2.05, 4.69) is 42.9 Å². The molecule has 0 aromatic carbocycles. The van der Waals surface area contributed by atoms with E-state index < -0.39 is 0 Å². The van der Waals surface area contributed by atoms with Crippen LogP contribution in [0.4, 0.5) is 0 Å². The number of rotatable bonds is 1. The van der Waals surface area contributed by atoms with Gasteiger partial charge in [0.2, 0.25) is 0 Å². The van der Waals surface area contributed by atoms with E-state index in [9.17, 15) is 0 Å². The van der Waals surface area contributed by atoms with Crippen LogP contribution in [0.15, 0.2) is 12.4 Å². The highest BCUT2D eigenvalue weighted by Gasteiger charge is 2.67. The van der Waals surface area contributed by atoms with Crippen molar-refractivity contribution in [2.75, 3.05) is 0 Å². The fourth-order valence-electron chi connectivity index (χ4n) is 2.85. The Labute approximate surface area is 105 Å². The van der Waals surface area contributed by atoms with Crippen LogP contribution in [0.5, 0.6) is 0 Å². The fraction of sp³-hybridized carbons (Fsp3) is 0.583. The van der Waals surface area contributed by atoms with Crippen molar-refractivity contribution < 1.29 is 0 Å². The minimum Gasteiger partial charge on any atom is -0.282 e. The van der Waals surface area contributed by atoms with Crippen molar-refractivity contribution in [1.82, 2.24) is 19.6 Å². The Morgan fingerprint density at radius 1 is 1.18 bits per heavy atom. The zero-order valence-electron chi connectivity index (χ0n) is 10.4. The number of hydrogen-bond donors (Lipinski definition) is 0. The van der Waals surface area contributed by atoms with E-state index in [1.807, 2.05) is 10.6 Å². The molecule has 17 heavy (non-hydrogen) atoms. The van der Waals surface area contributed by atoms with Gasteiger partial charge in [0.15, 0.2) is 10.8 Å². The van der Waals surface area contributed by atoms with Crippen LogP contribution in [0, 0.1) is 10.8 Å². The lowest BCUT2D eigenvalue weighted by molar-refractivity contribution is 0.457. The number of halogens is 1. The number of fused-ring (bicyclic) bond motifs is 1. The lowest BCUT2D eigenvalue weighted by Crippen LogP contribution is -1.97. The molecule has 0 unspecified atom stereocenters. The van der Waals surface area contributed by atoms with Crippen molar-refractivity contribution in [3.05, 3.63) is 23.4 Å². The highest BCUT2D eigenvalue weighted by atomic mass is 35.5. The van der Waals surface area contributed by atoms with Gasteiger partial charge in [-0.1, -0.05) is 39.3 Å². The van der Waals surface area contributed by atoms with Crippen LogP contribution in [-0.2, 0) is 0 Å². The van der Waals surface area contributed by atoms with Crippen molar-refractivity contribution in [2.24, 2.45) is 10.8 Å². The molecule has 3 rings (SSSR count). The standard InChI is InChI=1S/C12H15ClN4/c1-11(2)7(12(11,3)4)9-15-16-10-8(13)14-5-6-17(9)10/h5-7H,1-4H3. The Balaban J connectivity index is 2.19. The third kappa shape index (κ3) is 1.22. The molecular weight excluding hydrogens is 236 g/mol. The van der Waals surface area contributed by atoms with Gasteiger partial charge in [-0.25, -0.2) is 4.98 Å². The Hall–Kier alpha value is -1.16. The third-order valence-corrected chi connectivity index (χ3v) is 4.86. The van der Waals surface area contributed by atoms with Gasteiger partial charge < -0.3 is 0 Å². The second-order valence-corrected chi connectivity index (χ2v) is 6.20. The summed E-state index contributed by atoms with van der Waals surface area (Å²) in [6.45, 7) is 9.06. The number of nitrogens with zero attached hydrogens (tertiary/aromatic N) is 4. The highest BCUT2D eigenvalue weighted by Crippen LogP contribution is 2.73. The molecule has 1 fully saturated rings. The van der Waals surface area contributed by atoms with Crippen LogP contribution in [-0.4, -0.2) is 19.6 Å².